The first kappa shape index (κ1) is 12.6. The Balaban J connectivity index is 1.78. The normalized spacial score (nSPS) is 29.7. The van der Waals surface area contributed by atoms with E-state index in [-0.39, 0.29) is 11.5 Å². The monoisotopic (exact) mass is 233 g/mol. The summed E-state index contributed by atoms with van der Waals surface area (Å²) in [5.41, 5.74) is 7.21. The summed E-state index contributed by atoms with van der Waals surface area (Å²) >= 11 is 0. The maximum atomic E-state index is 9.75. The Morgan fingerprint density at radius 2 is 2.00 bits per heavy atom. The lowest BCUT2D eigenvalue weighted by Crippen LogP contribution is -2.50. The summed E-state index contributed by atoms with van der Waals surface area (Å²) in [5.74, 6) is 0.744. The first-order chi connectivity index (χ1) is 8.16. The van der Waals surface area contributed by atoms with E-state index in [2.05, 4.69) is 30.3 Å². The Morgan fingerprint density at radius 1 is 1.35 bits per heavy atom. The smallest absolute Gasteiger partial charge is 0.0580 e. The van der Waals surface area contributed by atoms with Crippen LogP contribution < -0.4 is 5.73 Å². The van der Waals surface area contributed by atoms with Crippen LogP contribution in [0.1, 0.15) is 31.7 Å². The maximum absolute atomic E-state index is 9.75. The van der Waals surface area contributed by atoms with Crippen LogP contribution in [0.15, 0.2) is 30.3 Å². The average Bonchev–Trinajstić information content (AvgIpc) is 2.29. The molecule has 94 valence electrons. The molecule has 1 aliphatic rings. The minimum Gasteiger partial charge on any atom is -0.393 e. The van der Waals surface area contributed by atoms with Crippen LogP contribution in [0.4, 0.5) is 0 Å². The van der Waals surface area contributed by atoms with E-state index in [1.165, 1.54) is 12.0 Å². The van der Waals surface area contributed by atoms with Gasteiger partial charge in [-0.05, 0) is 44.1 Å². The van der Waals surface area contributed by atoms with Crippen molar-refractivity contribution in [1.29, 1.82) is 0 Å². The van der Waals surface area contributed by atoms with Crippen LogP contribution in [-0.2, 0) is 6.42 Å². The lowest BCUT2D eigenvalue weighted by Gasteiger charge is -2.49. The fraction of sp³-hybridized carbons (Fsp3) is 0.600. The number of aliphatic hydroxyl groups is 1. The third-order valence-electron chi connectivity index (χ3n) is 4.37. The van der Waals surface area contributed by atoms with E-state index in [9.17, 15) is 5.11 Å². The third-order valence-corrected chi connectivity index (χ3v) is 4.37. The van der Waals surface area contributed by atoms with Gasteiger partial charge in [0.15, 0.2) is 0 Å². The van der Waals surface area contributed by atoms with Crippen molar-refractivity contribution in [2.24, 2.45) is 17.1 Å². The first-order valence-corrected chi connectivity index (χ1v) is 6.58. The van der Waals surface area contributed by atoms with Gasteiger partial charge in [0.2, 0.25) is 0 Å². The van der Waals surface area contributed by atoms with Crippen molar-refractivity contribution >= 4 is 0 Å². The van der Waals surface area contributed by atoms with Gasteiger partial charge in [-0.15, -0.1) is 0 Å². The van der Waals surface area contributed by atoms with Crippen molar-refractivity contribution in [3.63, 3.8) is 0 Å². The molecule has 0 heterocycles. The van der Waals surface area contributed by atoms with Gasteiger partial charge < -0.3 is 10.8 Å². The molecule has 0 saturated heterocycles. The summed E-state index contributed by atoms with van der Waals surface area (Å²) in [6.45, 7) is 2.49. The van der Waals surface area contributed by atoms with Crippen molar-refractivity contribution in [3.8, 4) is 0 Å². The average molecular weight is 233 g/mol. The predicted octanol–water partition coefficient (Wildman–Crippen LogP) is 2.36. The molecule has 1 unspecified atom stereocenters. The van der Waals surface area contributed by atoms with Gasteiger partial charge in [0.1, 0.15) is 0 Å². The van der Waals surface area contributed by atoms with E-state index < -0.39 is 0 Å². The van der Waals surface area contributed by atoms with Crippen molar-refractivity contribution in [3.05, 3.63) is 35.9 Å². The Bertz CT molecular complexity index is 341. The highest BCUT2D eigenvalue weighted by molar-refractivity contribution is 5.15. The molecule has 2 rings (SSSR count). The van der Waals surface area contributed by atoms with Crippen molar-refractivity contribution < 1.29 is 5.11 Å². The summed E-state index contributed by atoms with van der Waals surface area (Å²) in [6.07, 6.45) is 4.28. The molecule has 1 fully saturated rings. The van der Waals surface area contributed by atoms with Crippen LogP contribution in [0.2, 0.25) is 0 Å². The minimum atomic E-state index is -0.263. The SMILES string of the molecule is CC(O)C1(CN)CC(CCc2ccccc2)C1. The highest BCUT2D eigenvalue weighted by Gasteiger charge is 2.45. The molecule has 2 nitrogen and oxygen atoms in total. The fourth-order valence-corrected chi connectivity index (χ4v) is 2.99. The maximum Gasteiger partial charge on any atom is 0.0580 e. The zero-order valence-corrected chi connectivity index (χ0v) is 10.6. The molecule has 1 aromatic rings. The molecular formula is C15H23NO. The van der Waals surface area contributed by atoms with Crippen molar-refractivity contribution in [2.75, 3.05) is 6.54 Å². The predicted molar refractivity (Wildman–Crippen MR) is 70.7 cm³/mol. The van der Waals surface area contributed by atoms with Crippen LogP contribution in [0.5, 0.6) is 0 Å². The Kier molecular flexibility index (Phi) is 3.85. The van der Waals surface area contributed by atoms with E-state index in [1.807, 2.05) is 6.92 Å². The molecule has 0 aromatic heterocycles. The third kappa shape index (κ3) is 2.70. The highest BCUT2D eigenvalue weighted by atomic mass is 16.3. The standard InChI is InChI=1S/C15H23NO/c1-12(17)15(11-16)9-14(10-15)8-7-13-5-3-2-4-6-13/h2-6,12,14,17H,7-11,16H2,1H3. The van der Waals surface area contributed by atoms with E-state index in [1.54, 1.807) is 0 Å². The van der Waals surface area contributed by atoms with E-state index in [4.69, 9.17) is 5.73 Å². The van der Waals surface area contributed by atoms with E-state index in [0.29, 0.717) is 6.54 Å². The van der Waals surface area contributed by atoms with Gasteiger partial charge in [0.05, 0.1) is 6.10 Å². The number of benzene rings is 1. The van der Waals surface area contributed by atoms with Crippen LogP contribution in [0.25, 0.3) is 0 Å². The molecule has 1 atom stereocenters. The van der Waals surface area contributed by atoms with Crippen LogP contribution in [0.3, 0.4) is 0 Å². The van der Waals surface area contributed by atoms with Crippen LogP contribution in [-0.4, -0.2) is 17.8 Å². The van der Waals surface area contributed by atoms with Gasteiger partial charge in [-0.25, -0.2) is 0 Å². The van der Waals surface area contributed by atoms with Gasteiger partial charge in [0.25, 0.3) is 0 Å². The Morgan fingerprint density at radius 3 is 2.53 bits per heavy atom. The van der Waals surface area contributed by atoms with Crippen molar-refractivity contribution in [1.82, 2.24) is 0 Å². The number of hydrogen-bond donors (Lipinski definition) is 2. The fourth-order valence-electron chi connectivity index (χ4n) is 2.99. The molecule has 0 spiro atoms. The molecular weight excluding hydrogens is 210 g/mol. The topological polar surface area (TPSA) is 46.2 Å². The molecule has 0 aliphatic heterocycles. The highest BCUT2D eigenvalue weighted by Crippen LogP contribution is 2.49. The molecule has 17 heavy (non-hydrogen) atoms. The van der Waals surface area contributed by atoms with Gasteiger partial charge in [-0.2, -0.15) is 0 Å². The molecule has 0 bridgehead atoms. The minimum absolute atomic E-state index is 0.0152. The van der Waals surface area contributed by atoms with Gasteiger partial charge in [0, 0.05) is 12.0 Å². The lowest BCUT2D eigenvalue weighted by molar-refractivity contribution is -0.0553. The zero-order chi connectivity index (χ0) is 12.3. The van der Waals surface area contributed by atoms with E-state index in [0.717, 1.165) is 25.2 Å². The number of hydrogen-bond acceptors (Lipinski definition) is 2. The second-order valence-electron chi connectivity index (χ2n) is 5.54. The first-order valence-electron chi connectivity index (χ1n) is 6.58. The molecule has 0 radical (unpaired) electrons. The van der Waals surface area contributed by atoms with Gasteiger partial charge in [-0.1, -0.05) is 30.3 Å². The Hall–Kier alpha value is -0.860. The second-order valence-corrected chi connectivity index (χ2v) is 5.54. The molecule has 2 heteroatoms. The van der Waals surface area contributed by atoms with Crippen LogP contribution in [0, 0.1) is 11.3 Å². The molecule has 3 N–H and O–H groups in total. The number of rotatable bonds is 5. The Labute approximate surface area is 104 Å². The molecule has 1 saturated carbocycles. The summed E-state index contributed by atoms with van der Waals surface area (Å²) in [7, 11) is 0. The zero-order valence-electron chi connectivity index (χ0n) is 10.6. The summed E-state index contributed by atoms with van der Waals surface area (Å²) < 4.78 is 0. The van der Waals surface area contributed by atoms with Gasteiger partial charge >= 0.3 is 0 Å². The number of aryl methyl sites for hydroxylation is 1. The summed E-state index contributed by atoms with van der Waals surface area (Å²) in [4.78, 5) is 0. The lowest BCUT2D eigenvalue weighted by atomic mass is 9.58. The number of aliphatic hydroxyl groups excluding tert-OH is 1. The van der Waals surface area contributed by atoms with Crippen LogP contribution >= 0.6 is 0 Å². The molecule has 1 aromatic carbocycles. The van der Waals surface area contributed by atoms with Gasteiger partial charge in [-0.3, -0.25) is 0 Å². The quantitative estimate of drug-likeness (QED) is 0.820. The molecule has 1 aliphatic carbocycles. The van der Waals surface area contributed by atoms with E-state index >= 15 is 0 Å². The molecule has 0 amide bonds. The van der Waals surface area contributed by atoms with Crippen molar-refractivity contribution in [2.45, 2.75) is 38.7 Å². The number of nitrogens with two attached hydrogens (primary N) is 1. The summed E-state index contributed by atoms with van der Waals surface area (Å²) in [5, 5.41) is 9.75. The largest absolute Gasteiger partial charge is 0.393 e. The summed E-state index contributed by atoms with van der Waals surface area (Å²) in [6, 6.07) is 10.6. The second kappa shape index (κ2) is 5.19.